The molecule has 0 bridgehead atoms. The Kier molecular flexibility index (Phi) is 5.72. The number of aromatic nitrogens is 3. The van der Waals surface area contributed by atoms with Crippen molar-refractivity contribution in [3.63, 3.8) is 0 Å². The number of nitrogens with zero attached hydrogens (tertiary/aromatic N) is 4. The predicted octanol–water partition coefficient (Wildman–Crippen LogP) is 3.37. The molecule has 0 saturated carbocycles. The maximum absolute atomic E-state index is 11.7. The standard InChI is InChI=1S/C27H29N7O/c28-16-18-4-5-21-24(14-18)31-32-27(21)25-15-22-19(2-1-3-23(22)30-25)17-33-10-6-20(7-11-33)34-12-8-26(35)29-9-13-34/h1-5,14-15,20,30H,6-13,17H2,(H,29,35)(H,31,32). The van der Waals surface area contributed by atoms with Crippen LogP contribution in [-0.2, 0) is 11.3 Å². The number of rotatable bonds is 4. The maximum atomic E-state index is 11.7. The van der Waals surface area contributed by atoms with Crippen molar-refractivity contribution in [1.29, 1.82) is 5.26 Å². The fourth-order valence-corrected chi connectivity index (χ4v) is 5.61. The van der Waals surface area contributed by atoms with Gasteiger partial charge in [0.2, 0.25) is 5.91 Å². The lowest BCUT2D eigenvalue weighted by molar-refractivity contribution is -0.120. The van der Waals surface area contributed by atoms with Gasteiger partial charge in [-0.3, -0.25) is 19.7 Å². The smallest absolute Gasteiger partial charge is 0.221 e. The van der Waals surface area contributed by atoms with E-state index >= 15 is 0 Å². The monoisotopic (exact) mass is 467 g/mol. The van der Waals surface area contributed by atoms with Crippen LogP contribution in [-0.4, -0.2) is 69.7 Å². The van der Waals surface area contributed by atoms with Crippen LogP contribution in [0.1, 0.15) is 30.4 Å². The number of benzene rings is 2. The number of nitriles is 1. The molecule has 2 aliphatic rings. The minimum Gasteiger partial charge on any atom is -0.355 e. The average Bonchev–Trinajstić information content (AvgIpc) is 3.44. The molecule has 6 rings (SSSR count). The number of carbonyl (C=O) groups excluding carboxylic acids is 1. The minimum absolute atomic E-state index is 0.179. The molecule has 0 unspecified atom stereocenters. The second kappa shape index (κ2) is 9.17. The van der Waals surface area contributed by atoms with Gasteiger partial charge >= 0.3 is 0 Å². The van der Waals surface area contributed by atoms with E-state index in [1.165, 1.54) is 10.9 Å². The number of hydrogen-bond donors (Lipinski definition) is 3. The van der Waals surface area contributed by atoms with Crippen molar-refractivity contribution in [3.05, 3.63) is 53.6 Å². The number of likely N-dealkylation sites (tertiary alicyclic amines) is 1. The third-order valence-corrected chi connectivity index (χ3v) is 7.52. The fourth-order valence-electron chi connectivity index (χ4n) is 5.61. The highest BCUT2D eigenvalue weighted by Crippen LogP contribution is 2.31. The maximum Gasteiger partial charge on any atom is 0.221 e. The van der Waals surface area contributed by atoms with Gasteiger partial charge in [-0.05, 0) is 61.8 Å². The third-order valence-electron chi connectivity index (χ3n) is 7.52. The molecule has 0 radical (unpaired) electrons. The number of piperidine rings is 1. The van der Waals surface area contributed by atoms with E-state index in [-0.39, 0.29) is 5.91 Å². The Morgan fingerprint density at radius 1 is 1.03 bits per heavy atom. The van der Waals surface area contributed by atoms with Gasteiger partial charge < -0.3 is 10.3 Å². The Hall–Kier alpha value is -3.67. The number of amides is 1. The Bertz CT molecular complexity index is 1420. The Morgan fingerprint density at radius 2 is 1.91 bits per heavy atom. The molecule has 2 aliphatic heterocycles. The minimum atomic E-state index is 0.179. The number of aromatic amines is 2. The van der Waals surface area contributed by atoms with Gasteiger partial charge in [-0.1, -0.05) is 12.1 Å². The average molecular weight is 468 g/mol. The summed E-state index contributed by atoms with van der Waals surface area (Å²) >= 11 is 0. The van der Waals surface area contributed by atoms with Crippen molar-refractivity contribution in [2.75, 3.05) is 32.7 Å². The molecule has 4 aromatic rings. The first kappa shape index (κ1) is 21.8. The molecular formula is C27H29N7O. The van der Waals surface area contributed by atoms with Crippen molar-refractivity contribution < 1.29 is 4.79 Å². The summed E-state index contributed by atoms with van der Waals surface area (Å²) in [5, 5.41) is 22.0. The summed E-state index contributed by atoms with van der Waals surface area (Å²) in [4.78, 5) is 20.3. The van der Waals surface area contributed by atoms with Crippen LogP contribution in [0, 0.1) is 11.3 Å². The predicted molar refractivity (Wildman–Crippen MR) is 136 cm³/mol. The zero-order valence-corrected chi connectivity index (χ0v) is 19.7. The van der Waals surface area contributed by atoms with Gasteiger partial charge in [-0.2, -0.15) is 10.4 Å². The van der Waals surface area contributed by atoms with Crippen molar-refractivity contribution in [3.8, 4) is 17.5 Å². The number of nitrogens with one attached hydrogen (secondary N) is 3. The van der Waals surface area contributed by atoms with Crippen LogP contribution in [0.15, 0.2) is 42.5 Å². The van der Waals surface area contributed by atoms with E-state index in [0.717, 1.165) is 79.9 Å². The van der Waals surface area contributed by atoms with Gasteiger partial charge in [0, 0.05) is 54.9 Å². The zero-order valence-electron chi connectivity index (χ0n) is 19.7. The van der Waals surface area contributed by atoms with Crippen LogP contribution >= 0.6 is 0 Å². The van der Waals surface area contributed by atoms with Crippen molar-refractivity contribution in [2.24, 2.45) is 0 Å². The molecule has 2 saturated heterocycles. The van der Waals surface area contributed by atoms with Crippen LogP contribution in [0.25, 0.3) is 33.2 Å². The molecule has 2 fully saturated rings. The largest absolute Gasteiger partial charge is 0.355 e. The van der Waals surface area contributed by atoms with Gasteiger partial charge in [0.1, 0.15) is 5.69 Å². The summed E-state index contributed by atoms with van der Waals surface area (Å²) in [5.74, 6) is 0.179. The molecule has 2 aromatic heterocycles. The van der Waals surface area contributed by atoms with Gasteiger partial charge in [-0.25, -0.2) is 0 Å². The summed E-state index contributed by atoms with van der Waals surface area (Å²) in [6, 6.07) is 17.0. The number of H-pyrrole nitrogens is 2. The normalized spacial score (nSPS) is 18.5. The lowest BCUT2D eigenvalue weighted by Crippen LogP contribution is -2.45. The molecule has 35 heavy (non-hydrogen) atoms. The number of hydrogen-bond acceptors (Lipinski definition) is 5. The van der Waals surface area contributed by atoms with E-state index in [1.807, 2.05) is 18.2 Å². The quantitative estimate of drug-likeness (QED) is 0.427. The molecule has 8 nitrogen and oxygen atoms in total. The molecule has 3 N–H and O–H groups in total. The first-order valence-electron chi connectivity index (χ1n) is 12.4. The Balaban J connectivity index is 1.18. The van der Waals surface area contributed by atoms with E-state index in [1.54, 1.807) is 0 Å². The van der Waals surface area contributed by atoms with Crippen molar-refractivity contribution in [2.45, 2.75) is 31.8 Å². The first-order valence-corrected chi connectivity index (χ1v) is 12.4. The molecule has 0 spiro atoms. The SMILES string of the molecule is N#Cc1ccc2c(-c3cc4c(CN5CCC(N6CCNC(=O)CC6)CC5)cccc4[nH]3)n[nH]c2c1. The second-order valence-corrected chi connectivity index (χ2v) is 9.65. The van der Waals surface area contributed by atoms with Crippen LogP contribution in [0.5, 0.6) is 0 Å². The molecule has 2 aromatic carbocycles. The summed E-state index contributed by atoms with van der Waals surface area (Å²) in [5.41, 5.74) is 5.77. The highest BCUT2D eigenvalue weighted by atomic mass is 16.1. The van der Waals surface area contributed by atoms with Crippen LogP contribution < -0.4 is 5.32 Å². The Labute approximate surface area is 203 Å². The van der Waals surface area contributed by atoms with Gasteiger partial charge in [0.05, 0.1) is 22.8 Å². The van der Waals surface area contributed by atoms with E-state index in [4.69, 9.17) is 0 Å². The summed E-state index contributed by atoms with van der Waals surface area (Å²) in [6.45, 7) is 5.67. The topological polar surface area (TPSA) is 104 Å². The fraction of sp³-hybridized carbons (Fsp3) is 0.370. The van der Waals surface area contributed by atoms with E-state index < -0.39 is 0 Å². The van der Waals surface area contributed by atoms with Crippen LogP contribution in [0.3, 0.4) is 0 Å². The zero-order chi connectivity index (χ0) is 23.8. The lowest BCUT2D eigenvalue weighted by atomic mass is 10.0. The highest BCUT2D eigenvalue weighted by molar-refractivity contribution is 5.96. The van der Waals surface area contributed by atoms with Gasteiger partial charge in [0.25, 0.3) is 0 Å². The van der Waals surface area contributed by atoms with Crippen LogP contribution in [0.2, 0.25) is 0 Å². The van der Waals surface area contributed by atoms with Crippen molar-refractivity contribution >= 4 is 27.7 Å². The highest BCUT2D eigenvalue weighted by Gasteiger charge is 2.26. The number of carbonyl (C=O) groups is 1. The molecule has 8 heteroatoms. The molecular weight excluding hydrogens is 438 g/mol. The summed E-state index contributed by atoms with van der Waals surface area (Å²) < 4.78 is 0. The molecule has 4 heterocycles. The molecule has 1 amide bonds. The van der Waals surface area contributed by atoms with E-state index in [0.29, 0.717) is 18.0 Å². The Morgan fingerprint density at radius 3 is 2.77 bits per heavy atom. The molecule has 0 atom stereocenters. The number of fused-ring (bicyclic) bond motifs is 2. The second-order valence-electron chi connectivity index (χ2n) is 9.65. The van der Waals surface area contributed by atoms with Crippen LogP contribution in [0.4, 0.5) is 0 Å². The first-order chi connectivity index (χ1) is 17.2. The summed E-state index contributed by atoms with van der Waals surface area (Å²) in [7, 11) is 0. The molecule has 178 valence electrons. The summed E-state index contributed by atoms with van der Waals surface area (Å²) in [6.07, 6.45) is 2.90. The van der Waals surface area contributed by atoms with E-state index in [9.17, 15) is 10.1 Å². The van der Waals surface area contributed by atoms with Crippen molar-refractivity contribution in [1.82, 2.24) is 30.3 Å². The van der Waals surface area contributed by atoms with E-state index in [2.05, 4.69) is 60.6 Å². The van der Waals surface area contributed by atoms with Gasteiger partial charge in [0.15, 0.2) is 0 Å². The lowest BCUT2D eigenvalue weighted by Gasteiger charge is -2.38. The third kappa shape index (κ3) is 4.29. The van der Waals surface area contributed by atoms with Gasteiger partial charge in [-0.15, -0.1) is 0 Å². The molecule has 0 aliphatic carbocycles.